The molecule has 1 fully saturated rings. The molecule has 0 aliphatic heterocycles. The van der Waals surface area contributed by atoms with Crippen LogP contribution in [0.3, 0.4) is 0 Å². The van der Waals surface area contributed by atoms with Crippen molar-refractivity contribution in [2.24, 2.45) is 11.8 Å². The number of benzene rings is 1. The first-order valence-corrected chi connectivity index (χ1v) is 7.03. The Labute approximate surface area is 109 Å². The van der Waals surface area contributed by atoms with E-state index in [1.54, 1.807) is 0 Å². The number of nitrogens with one attached hydrogen (secondary N) is 2. The summed E-state index contributed by atoms with van der Waals surface area (Å²) < 4.78 is 0. The zero-order valence-corrected chi connectivity index (χ0v) is 11.2. The van der Waals surface area contributed by atoms with Gasteiger partial charge in [0, 0.05) is 24.3 Å². The lowest BCUT2D eigenvalue weighted by molar-refractivity contribution is 0.370. The van der Waals surface area contributed by atoms with Crippen molar-refractivity contribution in [1.82, 2.24) is 10.3 Å². The topological polar surface area (TPSA) is 27.8 Å². The van der Waals surface area contributed by atoms with Gasteiger partial charge in [-0.05, 0) is 47.8 Å². The van der Waals surface area contributed by atoms with Gasteiger partial charge in [-0.25, -0.2) is 0 Å². The third kappa shape index (κ3) is 2.17. The lowest BCUT2D eigenvalue weighted by atomic mass is 9.97. The standard InChI is InChI=1S/C16H22N2/c1-11-3-6-15(12(11)2)18-10-13-4-5-14-7-8-17-16(14)9-13/h4-5,7-9,11-12,15,17-18H,3,6,10H2,1-2H3. The molecule has 3 unspecified atom stereocenters. The quantitative estimate of drug-likeness (QED) is 0.844. The Hall–Kier alpha value is -1.28. The van der Waals surface area contributed by atoms with E-state index in [0.717, 1.165) is 18.4 Å². The van der Waals surface area contributed by atoms with E-state index in [0.29, 0.717) is 6.04 Å². The third-order valence-corrected chi connectivity index (χ3v) is 4.65. The molecule has 0 radical (unpaired) electrons. The molecule has 2 aromatic rings. The van der Waals surface area contributed by atoms with Crippen LogP contribution in [0.1, 0.15) is 32.3 Å². The molecule has 1 aliphatic carbocycles. The second-order valence-electron chi connectivity index (χ2n) is 5.80. The highest BCUT2D eigenvalue weighted by Gasteiger charge is 2.28. The molecule has 1 aliphatic rings. The first kappa shape index (κ1) is 11.8. The number of H-pyrrole nitrogens is 1. The monoisotopic (exact) mass is 242 g/mol. The number of aromatic nitrogens is 1. The summed E-state index contributed by atoms with van der Waals surface area (Å²) in [5.41, 5.74) is 2.61. The zero-order chi connectivity index (χ0) is 12.5. The molecular weight excluding hydrogens is 220 g/mol. The van der Waals surface area contributed by atoms with Gasteiger partial charge >= 0.3 is 0 Å². The fourth-order valence-electron chi connectivity index (χ4n) is 3.11. The van der Waals surface area contributed by atoms with E-state index in [1.807, 2.05) is 6.20 Å². The maximum atomic E-state index is 3.72. The largest absolute Gasteiger partial charge is 0.361 e. The first-order chi connectivity index (χ1) is 8.74. The maximum Gasteiger partial charge on any atom is 0.0457 e. The number of rotatable bonds is 3. The van der Waals surface area contributed by atoms with Crippen molar-refractivity contribution in [3.63, 3.8) is 0 Å². The zero-order valence-electron chi connectivity index (χ0n) is 11.2. The molecule has 0 bridgehead atoms. The fraction of sp³-hybridized carbons (Fsp3) is 0.500. The van der Waals surface area contributed by atoms with Crippen molar-refractivity contribution < 1.29 is 0 Å². The lowest BCUT2D eigenvalue weighted by Crippen LogP contribution is -2.31. The average Bonchev–Trinajstić information content (AvgIpc) is 2.96. The SMILES string of the molecule is CC1CCC(NCc2ccc3cc[nH]c3c2)C1C. The Morgan fingerprint density at radius 1 is 1.22 bits per heavy atom. The molecule has 1 aromatic heterocycles. The number of fused-ring (bicyclic) bond motifs is 1. The predicted molar refractivity (Wildman–Crippen MR) is 76.5 cm³/mol. The van der Waals surface area contributed by atoms with Crippen LogP contribution in [-0.4, -0.2) is 11.0 Å². The van der Waals surface area contributed by atoms with E-state index in [9.17, 15) is 0 Å². The summed E-state index contributed by atoms with van der Waals surface area (Å²) in [5.74, 6) is 1.67. The molecule has 18 heavy (non-hydrogen) atoms. The van der Waals surface area contributed by atoms with Gasteiger partial charge in [0.1, 0.15) is 0 Å². The van der Waals surface area contributed by atoms with Crippen molar-refractivity contribution in [3.8, 4) is 0 Å². The molecule has 1 aromatic carbocycles. The molecule has 2 N–H and O–H groups in total. The number of aromatic amines is 1. The Morgan fingerprint density at radius 3 is 2.89 bits per heavy atom. The summed E-state index contributed by atoms with van der Waals surface area (Å²) in [7, 11) is 0. The molecule has 0 spiro atoms. The molecule has 2 nitrogen and oxygen atoms in total. The van der Waals surface area contributed by atoms with E-state index in [2.05, 4.69) is 48.4 Å². The normalized spacial score (nSPS) is 28.0. The summed E-state index contributed by atoms with van der Waals surface area (Å²) in [6.07, 6.45) is 4.70. The fourth-order valence-corrected chi connectivity index (χ4v) is 3.11. The van der Waals surface area contributed by atoms with E-state index in [-0.39, 0.29) is 0 Å². The lowest BCUT2D eigenvalue weighted by Gasteiger charge is -2.19. The van der Waals surface area contributed by atoms with Gasteiger partial charge in [0.05, 0.1) is 0 Å². The van der Waals surface area contributed by atoms with Crippen molar-refractivity contribution in [2.75, 3.05) is 0 Å². The molecular formula is C16H22N2. The highest BCUT2D eigenvalue weighted by Crippen LogP contribution is 2.31. The molecule has 1 heterocycles. The number of hydrogen-bond acceptors (Lipinski definition) is 1. The van der Waals surface area contributed by atoms with Crippen LogP contribution in [0.5, 0.6) is 0 Å². The molecule has 3 atom stereocenters. The van der Waals surface area contributed by atoms with Gasteiger partial charge in [-0.1, -0.05) is 26.0 Å². The Bertz CT molecular complexity index is 529. The van der Waals surface area contributed by atoms with Crippen LogP contribution in [0, 0.1) is 11.8 Å². The number of hydrogen-bond donors (Lipinski definition) is 2. The van der Waals surface area contributed by atoms with Gasteiger partial charge in [0.25, 0.3) is 0 Å². The highest BCUT2D eigenvalue weighted by atomic mass is 14.9. The van der Waals surface area contributed by atoms with Gasteiger partial charge in [0.2, 0.25) is 0 Å². The molecule has 96 valence electrons. The van der Waals surface area contributed by atoms with Crippen LogP contribution >= 0.6 is 0 Å². The second kappa shape index (κ2) is 4.77. The van der Waals surface area contributed by atoms with Crippen LogP contribution in [-0.2, 0) is 6.54 Å². The Morgan fingerprint density at radius 2 is 2.11 bits per heavy atom. The molecule has 2 heteroatoms. The Balaban J connectivity index is 1.66. The molecule has 1 saturated carbocycles. The van der Waals surface area contributed by atoms with E-state index < -0.39 is 0 Å². The van der Waals surface area contributed by atoms with E-state index in [1.165, 1.54) is 29.3 Å². The summed E-state index contributed by atoms with van der Waals surface area (Å²) >= 11 is 0. The summed E-state index contributed by atoms with van der Waals surface area (Å²) in [6, 6.07) is 9.49. The van der Waals surface area contributed by atoms with E-state index in [4.69, 9.17) is 0 Å². The van der Waals surface area contributed by atoms with Gasteiger partial charge in [0.15, 0.2) is 0 Å². The van der Waals surface area contributed by atoms with Gasteiger partial charge in [-0.15, -0.1) is 0 Å². The van der Waals surface area contributed by atoms with Gasteiger partial charge in [-0.3, -0.25) is 0 Å². The minimum absolute atomic E-state index is 0.694. The first-order valence-electron chi connectivity index (χ1n) is 7.03. The summed E-state index contributed by atoms with van der Waals surface area (Å²) in [6.45, 7) is 5.73. The van der Waals surface area contributed by atoms with Crippen LogP contribution in [0.25, 0.3) is 10.9 Å². The van der Waals surface area contributed by atoms with Crippen LogP contribution in [0.2, 0.25) is 0 Å². The summed E-state index contributed by atoms with van der Waals surface area (Å²) in [5, 5.41) is 5.01. The minimum Gasteiger partial charge on any atom is -0.361 e. The van der Waals surface area contributed by atoms with Crippen molar-refractivity contribution in [2.45, 2.75) is 39.3 Å². The van der Waals surface area contributed by atoms with Crippen molar-refractivity contribution >= 4 is 10.9 Å². The molecule has 0 saturated heterocycles. The van der Waals surface area contributed by atoms with Crippen LogP contribution in [0.15, 0.2) is 30.5 Å². The third-order valence-electron chi connectivity index (χ3n) is 4.65. The minimum atomic E-state index is 0.694. The maximum absolute atomic E-state index is 3.72. The van der Waals surface area contributed by atoms with Crippen molar-refractivity contribution in [1.29, 1.82) is 0 Å². The molecule has 0 amide bonds. The summed E-state index contributed by atoms with van der Waals surface area (Å²) in [4.78, 5) is 3.28. The van der Waals surface area contributed by atoms with Gasteiger partial charge in [-0.2, -0.15) is 0 Å². The smallest absolute Gasteiger partial charge is 0.0457 e. The van der Waals surface area contributed by atoms with Crippen LogP contribution < -0.4 is 5.32 Å². The average molecular weight is 242 g/mol. The predicted octanol–water partition coefficient (Wildman–Crippen LogP) is 3.69. The Kier molecular flexibility index (Phi) is 3.13. The van der Waals surface area contributed by atoms with Crippen LogP contribution in [0.4, 0.5) is 0 Å². The molecule has 3 rings (SSSR count). The second-order valence-corrected chi connectivity index (χ2v) is 5.80. The van der Waals surface area contributed by atoms with E-state index >= 15 is 0 Å². The van der Waals surface area contributed by atoms with Gasteiger partial charge < -0.3 is 10.3 Å². The van der Waals surface area contributed by atoms with Crippen molar-refractivity contribution in [3.05, 3.63) is 36.0 Å². The highest BCUT2D eigenvalue weighted by molar-refractivity contribution is 5.79.